The predicted octanol–water partition coefficient (Wildman–Crippen LogP) is 4.60. The Morgan fingerprint density at radius 1 is 1.09 bits per heavy atom. The summed E-state index contributed by atoms with van der Waals surface area (Å²) in [6, 6.07) is 7.20. The topological polar surface area (TPSA) is 81.7 Å². The zero-order valence-corrected chi connectivity index (χ0v) is 20.7. The lowest BCUT2D eigenvalue weighted by Gasteiger charge is -2.60. The summed E-state index contributed by atoms with van der Waals surface area (Å²) in [7, 11) is 0. The maximum atomic E-state index is 11.8. The van der Waals surface area contributed by atoms with Gasteiger partial charge in [0.2, 0.25) is 12.1 Å². The molecule has 5 fully saturated rings. The fraction of sp³-hybridized carbons (Fsp3) is 0.731. The van der Waals surface area contributed by atoms with Gasteiger partial charge in [-0.05, 0) is 76.1 Å². The molecule has 1 aliphatic carbocycles. The molecule has 4 saturated heterocycles. The smallest absolute Gasteiger partial charge is 0.347 e. The Hall–Kier alpha value is -1.87. The first-order valence-electron chi connectivity index (χ1n) is 12.6. The molecule has 8 heteroatoms. The van der Waals surface area contributed by atoms with Crippen LogP contribution in [0.2, 0.25) is 0 Å². The van der Waals surface area contributed by atoms with E-state index in [1.807, 2.05) is 19.1 Å². The second kappa shape index (κ2) is 8.97. The van der Waals surface area contributed by atoms with Gasteiger partial charge in [0.05, 0.1) is 6.61 Å². The Labute approximate surface area is 201 Å². The number of carbonyl (C=O) groups excluding carboxylic acids is 1. The Morgan fingerprint density at radius 2 is 1.82 bits per heavy atom. The molecule has 4 aliphatic heterocycles. The quantitative estimate of drug-likeness (QED) is 0.435. The van der Waals surface area contributed by atoms with E-state index in [0.717, 1.165) is 25.7 Å². The van der Waals surface area contributed by atoms with E-state index >= 15 is 0 Å². The second-order valence-electron chi connectivity index (χ2n) is 10.4. The number of esters is 1. The van der Waals surface area contributed by atoms with E-state index in [1.54, 1.807) is 26.0 Å². The van der Waals surface area contributed by atoms with Crippen molar-refractivity contribution in [2.45, 2.75) is 90.4 Å². The molecule has 4 heterocycles. The van der Waals surface area contributed by atoms with Crippen LogP contribution in [0, 0.1) is 23.7 Å². The number of benzene rings is 1. The number of fused-ring (bicyclic) bond motifs is 2. The molecular formula is C26H36O8. The van der Waals surface area contributed by atoms with Crippen LogP contribution in [0.4, 0.5) is 0 Å². The van der Waals surface area contributed by atoms with Gasteiger partial charge < -0.3 is 23.7 Å². The molecular weight excluding hydrogens is 440 g/mol. The zero-order valence-electron chi connectivity index (χ0n) is 20.7. The summed E-state index contributed by atoms with van der Waals surface area (Å²) in [6.45, 7) is 10.1. The molecule has 1 aromatic rings. The summed E-state index contributed by atoms with van der Waals surface area (Å²) in [6.07, 6.45) is 2.23. The molecule has 6 rings (SSSR count). The molecule has 5 aliphatic rings. The minimum absolute atomic E-state index is 0.0840. The molecule has 0 N–H and O–H groups in total. The largest absolute Gasteiger partial charge is 0.479 e. The van der Waals surface area contributed by atoms with Crippen LogP contribution in [0.25, 0.3) is 0 Å². The third-order valence-corrected chi connectivity index (χ3v) is 8.10. The van der Waals surface area contributed by atoms with Gasteiger partial charge in [-0.2, -0.15) is 0 Å². The van der Waals surface area contributed by atoms with Gasteiger partial charge in [0, 0.05) is 18.3 Å². The van der Waals surface area contributed by atoms with E-state index in [9.17, 15) is 4.79 Å². The van der Waals surface area contributed by atoms with Gasteiger partial charge in [0.15, 0.2) is 18.0 Å². The first kappa shape index (κ1) is 23.9. The molecule has 1 aromatic carbocycles. The lowest BCUT2D eigenvalue weighted by Crippen LogP contribution is -2.70. The maximum absolute atomic E-state index is 11.8. The van der Waals surface area contributed by atoms with Crippen molar-refractivity contribution in [1.82, 2.24) is 0 Å². The van der Waals surface area contributed by atoms with E-state index in [-0.39, 0.29) is 17.8 Å². The van der Waals surface area contributed by atoms with Gasteiger partial charge in [-0.3, -0.25) is 0 Å². The Balaban J connectivity index is 1.31. The van der Waals surface area contributed by atoms with Crippen LogP contribution < -0.4 is 9.47 Å². The lowest BCUT2D eigenvalue weighted by atomic mass is 9.58. The highest BCUT2D eigenvalue weighted by molar-refractivity contribution is 5.74. The number of ether oxygens (including phenoxy) is 5. The van der Waals surface area contributed by atoms with Crippen LogP contribution in [-0.2, 0) is 28.8 Å². The van der Waals surface area contributed by atoms with E-state index in [4.69, 9.17) is 33.5 Å². The summed E-state index contributed by atoms with van der Waals surface area (Å²) < 4.78 is 29.8. The Kier molecular flexibility index (Phi) is 6.29. The monoisotopic (exact) mass is 476 g/mol. The average Bonchev–Trinajstić information content (AvgIpc) is 3.04. The summed E-state index contributed by atoms with van der Waals surface area (Å²) in [5, 5.41) is 0. The van der Waals surface area contributed by atoms with Crippen LogP contribution in [0.3, 0.4) is 0 Å². The third kappa shape index (κ3) is 3.98. The van der Waals surface area contributed by atoms with Crippen molar-refractivity contribution in [2.24, 2.45) is 23.7 Å². The van der Waals surface area contributed by atoms with Gasteiger partial charge in [0.25, 0.3) is 0 Å². The van der Waals surface area contributed by atoms with E-state index in [0.29, 0.717) is 29.9 Å². The van der Waals surface area contributed by atoms with Crippen LogP contribution in [0.1, 0.15) is 60.3 Å². The Morgan fingerprint density at radius 3 is 2.56 bits per heavy atom. The second-order valence-corrected chi connectivity index (χ2v) is 10.4. The molecule has 0 radical (unpaired) electrons. The van der Waals surface area contributed by atoms with E-state index in [1.165, 1.54) is 0 Å². The fourth-order valence-corrected chi connectivity index (χ4v) is 6.25. The molecule has 188 valence electrons. The number of hydrogen-bond acceptors (Lipinski definition) is 8. The average molecular weight is 477 g/mol. The summed E-state index contributed by atoms with van der Waals surface area (Å²) in [5.41, 5.74) is -0.603. The lowest BCUT2D eigenvalue weighted by molar-refractivity contribution is -0.575. The van der Waals surface area contributed by atoms with Gasteiger partial charge in [0.1, 0.15) is 11.5 Å². The first-order chi connectivity index (χ1) is 16.3. The van der Waals surface area contributed by atoms with Crippen molar-refractivity contribution in [3.8, 4) is 11.5 Å². The van der Waals surface area contributed by atoms with Crippen LogP contribution in [-0.4, -0.2) is 42.6 Å². The number of rotatable bonds is 6. The van der Waals surface area contributed by atoms with Gasteiger partial charge >= 0.3 is 5.97 Å². The fourth-order valence-electron chi connectivity index (χ4n) is 6.25. The molecule has 0 amide bonds. The SMILES string of the molecule is CCOC(=O)C(C)Oc1ccc(O[C@H]2O[C@@H]3O[C@@]4(C)CC[C@H]5[C@H](C)CC[C@@H]([C@H]2C)[C@@]35OO4)cc1. The molecule has 2 bridgehead atoms. The summed E-state index contributed by atoms with van der Waals surface area (Å²) >= 11 is 0. The molecule has 8 nitrogen and oxygen atoms in total. The number of carbonyl (C=O) groups is 1. The normalized spacial score (nSPS) is 41.7. The van der Waals surface area contributed by atoms with E-state index in [2.05, 4.69) is 13.8 Å². The van der Waals surface area contributed by atoms with Crippen LogP contribution >= 0.6 is 0 Å². The molecule has 0 aromatic heterocycles. The molecule has 34 heavy (non-hydrogen) atoms. The van der Waals surface area contributed by atoms with Crippen molar-refractivity contribution in [2.75, 3.05) is 6.61 Å². The van der Waals surface area contributed by atoms with E-state index < -0.39 is 30.1 Å². The van der Waals surface area contributed by atoms with Crippen molar-refractivity contribution in [1.29, 1.82) is 0 Å². The first-order valence-corrected chi connectivity index (χ1v) is 12.6. The Bertz CT molecular complexity index is 889. The predicted molar refractivity (Wildman–Crippen MR) is 121 cm³/mol. The molecule has 9 atom stereocenters. The minimum atomic E-state index is -0.808. The molecule has 1 spiro atoms. The van der Waals surface area contributed by atoms with Crippen molar-refractivity contribution < 1.29 is 38.3 Å². The van der Waals surface area contributed by atoms with Crippen molar-refractivity contribution in [3.05, 3.63) is 24.3 Å². The molecule has 1 unspecified atom stereocenters. The summed E-state index contributed by atoms with van der Waals surface area (Å²) in [4.78, 5) is 23.9. The highest BCUT2D eigenvalue weighted by Gasteiger charge is 2.69. The third-order valence-electron chi connectivity index (χ3n) is 8.10. The highest BCUT2D eigenvalue weighted by atomic mass is 17.3. The highest BCUT2D eigenvalue weighted by Crippen LogP contribution is 2.60. The van der Waals surface area contributed by atoms with Gasteiger partial charge in [-0.25, -0.2) is 14.6 Å². The minimum Gasteiger partial charge on any atom is -0.479 e. The zero-order chi connectivity index (χ0) is 24.1. The van der Waals surface area contributed by atoms with Gasteiger partial charge in [-0.15, -0.1) is 0 Å². The summed E-state index contributed by atoms with van der Waals surface area (Å²) in [5.74, 6) is 1.15. The van der Waals surface area contributed by atoms with Crippen molar-refractivity contribution in [3.63, 3.8) is 0 Å². The number of hydrogen-bond donors (Lipinski definition) is 0. The maximum Gasteiger partial charge on any atom is 0.347 e. The van der Waals surface area contributed by atoms with Crippen LogP contribution in [0.5, 0.6) is 11.5 Å². The van der Waals surface area contributed by atoms with Gasteiger partial charge in [-0.1, -0.05) is 13.8 Å². The van der Waals surface area contributed by atoms with Crippen LogP contribution in [0.15, 0.2) is 24.3 Å². The molecule has 1 saturated carbocycles. The van der Waals surface area contributed by atoms with Crippen molar-refractivity contribution >= 4 is 5.97 Å². The standard InChI is InChI=1S/C26H36O8/c1-6-28-22(27)17(4)29-18-8-10-19(11-9-18)30-23-16(3)21-12-7-15(2)20-13-14-25(5)32-24(31-23)26(20,21)34-33-25/h8-11,15-17,20-21,23-24H,6-7,12-14H2,1-5H3/t15-,16-,17?,20+,21+,23+,24-,25-,26-/m1/s1.